The summed E-state index contributed by atoms with van der Waals surface area (Å²) in [6, 6.07) is 39.7. The van der Waals surface area contributed by atoms with Gasteiger partial charge in [-0.25, -0.2) is 0 Å². The van der Waals surface area contributed by atoms with E-state index >= 15 is 0 Å². The summed E-state index contributed by atoms with van der Waals surface area (Å²) in [5.74, 6) is 0. The molecule has 0 bridgehead atoms. The normalized spacial score (nSPS) is 10.3. The summed E-state index contributed by atoms with van der Waals surface area (Å²) >= 11 is 0. The fourth-order valence-electron chi connectivity index (χ4n) is 3.55. The summed E-state index contributed by atoms with van der Waals surface area (Å²) in [6.07, 6.45) is 3.61. The number of pyridine rings is 2. The third-order valence-electron chi connectivity index (χ3n) is 4.98. The monoisotopic (exact) mass is 577 g/mol. The molecule has 0 fully saturated rings. The van der Waals surface area contributed by atoms with Crippen molar-refractivity contribution in [3.8, 4) is 44.8 Å². The predicted octanol–water partition coefficient (Wildman–Crippen LogP) is 6.74. The Labute approximate surface area is 196 Å². The van der Waals surface area contributed by atoms with Crippen molar-refractivity contribution in [3.05, 3.63) is 122 Å². The van der Waals surface area contributed by atoms with Crippen LogP contribution in [-0.2, 0) is 21.1 Å². The SMILES string of the molecule is [Pt+2].[c-]1c(-c2ccccn2)cccc1-c1ccccc1-c1[c-]c(-c2ccccn2)ccc1. The summed E-state index contributed by atoms with van der Waals surface area (Å²) < 4.78 is 0. The number of aromatic nitrogens is 2. The molecule has 0 N–H and O–H groups in total. The summed E-state index contributed by atoms with van der Waals surface area (Å²) in [5, 5.41) is 0. The van der Waals surface area contributed by atoms with Gasteiger partial charge in [-0.2, -0.15) is 0 Å². The van der Waals surface area contributed by atoms with Gasteiger partial charge in [0, 0.05) is 23.8 Å². The van der Waals surface area contributed by atoms with Crippen LogP contribution in [0.1, 0.15) is 0 Å². The van der Waals surface area contributed by atoms with E-state index in [1.54, 1.807) is 0 Å². The molecule has 2 nitrogen and oxygen atoms in total. The molecule has 31 heavy (non-hydrogen) atoms. The second-order valence-corrected chi connectivity index (χ2v) is 6.93. The van der Waals surface area contributed by atoms with E-state index in [9.17, 15) is 0 Å². The van der Waals surface area contributed by atoms with Crippen LogP contribution in [-0.4, -0.2) is 9.97 Å². The zero-order valence-corrected chi connectivity index (χ0v) is 18.9. The molecule has 0 saturated carbocycles. The van der Waals surface area contributed by atoms with Crippen molar-refractivity contribution < 1.29 is 21.1 Å². The van der Waals surface area contributed by atoms with Crippen molar-refractivity contribution >= 4 is 0 Å². The Bertz CT molecular complexity index is 1180. The molecule has 0 atom stereocenters. The minimum Gasteiger partial charge on any atom is -0.295 e. The molecule has 2 heterocycles. The van der Waals surface area contributed by atoms with Crippen molar-refractivity contribution in [2.75, 3.05) is 0 Å². The third-order valence-corrected chi connectivity index (χ3v) is 4.98. The molecule has 0 spiro atoms. The minimum atomic E-state index is 0. The molecular formula is C28H18N2Pt. The van der Waals surface area contributed by atoms with E-state index in [0.717, 1.165) is 44.8 Å². The van der Waals surface area contributed by atoms with Crippen LogP contribution in [0, 0.1) is 12.1 Å². The van der Waals surface area contributed by atoms with Crippen LogP contribution in [0.3, 0.4) is 0 Å². The summed E-state index contributed by atoms with van der Waals surface area (Å²) in [7, 11) is 0. The van der Waals surface area contributed by atoms with Gasteiger partial charge in [0.15, 0.2) is 0 Å². The zero-order chi connectivity index (χ0) is 20.2. The summed E-state index contributed by atoms with van der Waals surface area (Å²) in [4.78, 5) is 8.93. The first-order chi connectivity index (χ1) is 14.9. The number of hydrogen-bond donors (Lipinski definition) is 0. The van der Waals surface area contributed by atoms with Gasteiger partial charge in [-0.3, -0.25) is 9.97 Å². The van der Waals surface area contributed by atoms with Gasteiger partial charge in [0.25, 0.3) is 0 Å². The number of rotatable bonds is 4. The molecule has 3 aromatic carbocycles. The maximum atomic E-state index is 4.47. The molecule has 0 aliphatic carbocycles. The number of benzene rings is 3. The van der Waals surface area contributed by atoms with E-state index in [1.165, 1.54) is 0 Å². The number of hydrogen-bond acceptors (Lipinski definition) is 2. The molecule has 5 rings (SSSR count). The van der Waals surface area contributed by atoms with Crippen LogP contribution >= 0.6 is 0 Å². The Morgan fingerprint density at radius 3 is 1.26 bits per heavy atom. The maximum Gasteiger partial charge on any atom is 2.00 e. The molecule has 5 aromatic rings. The first-order valence-electron chi connectivity index (χ1n) is 9.86. The van der Waals surface area contributed by atoms with Crippen molar-refractivity contribution in [1.82, 2.24) is 9.97 Å². The van der Waals surface area contributed by atoms with Crippen molar-refractivity contribution in [2.45, 2.75) is 0 Å². The zero-order valence-electron chi connectivity index (χ0n) is 16.6. The Hall–Kier alpha value is -3.35. The number of nitrogens with zero attached hydrogens (tertiary/aromatic N) is 2. The summed E-state index contributed by atoms with van der Waals surface area (Å²) in [5.41, 5.74) is 8.09. The van der Waals surface area contributed by atoms with E-state index in [1.807, 2.05) is 60.9 Å². The average molecular weight is 578 g/mol. The van der Waals surface area contributed by atoms with Gasteiger partial charge in [0.1, 0.15) is 0 Å². The van der Waals surface area contributed by atoms with Crippen molar-refractivity contribution in [2.24, 2.45) is 0 Å². The van der Waals surface area contributed by atoms with Gasteiger partial charge in [-0.1, -0.05) is 59.7 Å². The van der Waals surface area contributed by atoms with Gasteiger partial charge in [0.2, 0.25) is 0 Å². The van der Waals surface area contributed by atoms with Crippen LogP contribution in [0.25, 0.3) is 44.8 Å². The van der Waals surface area contributed by atoms with Gasteiger partial charge in [0.05, 0.1) is 0 Å². The van der Waals surface area contributed by atoms with E-state index in [2.05, 4.69) is 70.6 Å². The first-order valence-corrected chi connectivity index (χ1v) is 9.86. The maximum absolute atomic E-state index is 4.47. The molecule has 0 aliphatic heterocycles. The minimum absolute atomic E-state index is 0. The molecule has 0 aliphatic rings. The standard InChI is InChI=1S/C28H18N2.Pt/c1-2-14-26(22-10-8-12-24(20-22)28-16-4-6-18-30-28)25(13-1)21-9-7-11-23(19-21)27-15-3-5-17-29-27;/h1-18H;/q-2;+2. The molecule has 150 valence electrons. The van der Waals surface area contributed by atoms with Crippen LogP contribution in [0.4, 0.5) is 0 Å². The smallest absolute Gasteiger partial charge is 0.295 e. The Kier molecular flexibility index (Phi) is 6.50. The fraction of sp³-hybridized carbons (Fsp3) is 0. The third kappa shape index (κ3) is 4.55. The van der Waals surface area contributed by atoms with Crippen LogP contribution in [0.5, 0.6) is 0 Å². The molecule has 0 radical (unpaired) electrons. The first kappa shape index (κ1) is 20.9. The van der Waals surface area contributed by atoms with Crippen molar-refractivity contribution in [1.29, 1.82) is 0 Å². The molecular weight excluding hydrogens is 559 g/mol. The predicted molar refractivity (Wildman–Crippen MR) is 121 cm³/mol. The van der Waals surface area contributed by atoms with Crippen LogP contribution in [0.2, 0.25) is 0 Å². The molecule has 0 amide bonds. The van der Waals surface area contributed by atoms with Crippen LogP contribution < -0.4 is 0 Å². The van der Waals surface area contributed by atoms with E-state index < -0.39 is 0 Å². The van der Waals surface area contributed by atoms with Gasteiger partial charge in [-0.05, 0) is 12.1 Å². The summed E-state index contributed by atoms with van der Waals surface area (Å²) in [6.45, 7) is 0. The van der Waals surface area contributed by atoms with Gasteiger partial charge in [-0.15, -0.1) is 70.8 Å². The molecule has 2 aromatic heterocycles. The topological polar surface area (TPSA) is 25.8 Å². The average Bonchev–Trinajstić information content (AvgIpc) is 2.85. The largest absolute Gasteiger partial charge is 2.00 e. The van der Waals surface area contributed by atoms with E-state index in [0.29, 0.717) is 0 Å². The van der Waals surface area contributed by atoms with Gasteiger partial charge >= 0.3 is 21.1 Å². The molecule has 3 heteroatoms. The Morgan fingerprint density at radius 2 is 0.839 bits per heavy atom. The quantitative estimate of drug-likeness (QED) is 0.221. The van der Waals surface area contributed by atoms with E-state index in [-0.39, 0.29) is 21.1 Å². The van der Waals surface area contributed by atoms with E-state index in [4.69, 9.17) is 0 Å². The van der Waals surface area contributed by atoms with Crippen LogP contribution in [0.15, 0.2) is 109 Å². The fourth-order valence-corrected chi connectivity index (χ4v) is 3.55. The molecule has 0 unspecified atom stereocenters. The van der Waals surface area contributed by atoms with Gasteiger partial charge < -0.3 is 0 Å². The second kappa shape index (κ2) is 9.64. The van der Waals surface area contributed by atoms with Crippen molar-refractivity contribution in [3.63, 3.8) is 0 Å². The Morgan fingerprint density at radius 1 is 0.419 bits per heavy atom. The second-order valence-electron chi connectivity index (χ2n) is 6.93. The Balaban J connectivity index is 0.00000231. The molecule has 0 saturated heterocycles.